The van der Waals surface area contributed by atoms with E-state index in [2.05, 4.69) is 0 Å². The number of esters is 1. The minimum absolute atomic E-state index is 0.0331. The monoisotopic (exact) mass is 386 g/mol. The number of hydrogen-bond donors (Lipinski definition) is 0. The molecule has 0 unspecified atom stereocenters. The maximum absolute atomic E-state index is 13.6. The minimum Gasteiger partial charge on any atom is -0.465 e. The Morgan fingerprint density at radius 3 is 2.70 bits per heavy atom. The van der Waals surface area contributed by atoms with Gasteiger partial charge in [0.2, 0.25) is 0 Å². The maximum Gasteiger partial charge on any atom is 0.317 e. The Balaban J connectivity index is 2.05. The van der Waals surface area contributed by atoms with E-state index in [0.717, 1.165) is 16.7 Å². The van der Waals surface area contributed by atoms with E-state index in [9.17, 15) is 14.0 Å². The van der Waals surface area contributed by atoms with Gasteiger partial charge in [-0.2, -0.15) is 0 Å². The Morgan fingerprint density at radius 2 is 2.04 bits per heavy atom. The van der Waals surface area contributed by atoms with Crippen LogP contribution in [0.3, 0.4) is 0 Å². The Labute approximate surface area is 162 Å². The fourth-order valence-electron chi connectivity index (χ4n) is 3.49. The lowest BCUT2D eigenvalue weighted by Crippen LogP contribution is -2.34. The van der Waals surface area contributed by atoms with Crippen molar-refractivity contribution in [1.82, 2.24) is 0 Å². The van der Waals surface area contributed by atoms with Gasteiger partial charge in [0.05, 0.1) is 11.6 Å². The smallest absolute Gasteiger partial charge is 0.317 e. The van der Waals surface area contributed by atoms with Crippen LogP contribution in [0.5, 0.6) is 0 Å². The SMILES string of the molecule is CCOC(=O)[C@H]1C(=O)C=C(c2cccc(C)c2)C[C@@H]1c1ccc(F)c(Cl)c1. The van der Waals surface area contributed by atoms with Gasteiger partial charge in [-0.15, -0.1) is 0 Å². The predicted octanol–water partition coefficient (Wildman–Crippen LogP) is 5.11. The zero-order valence-electron chi connectivity index (χ0n) is 15.2. The average molecular weight is 387 g/mol. The number of ketones is 1. The summed E-state index contributed by atoms with van der Waals surface area (Å²) in [6.45, 7) is 3.87. The second-order valence-corrected chi connectivity index (χ2v) is 7.06. The highest BCUT2D eigenvalue weighted by Gasteiger charge is 2.40. The molecule has 0 amide bonds. The standard InChI is InChI=1S/C22H20ClFO3/c1-3-27-22(26)21-17(15-7-8-19(24)18(23)11-15)10-16(12-20(21)25)14-6-4-5-13(2)9-14/h4-9,11-12,17,21H,3,10H2,1-2H3/t17-,21-/m1/s1. The number of allylic oxidation sites excluding steroid dienone is 2. The van der Waals surface area contributed by atoms with E-state index in [1.807, 2.05) is 31.2 Å². The summed E-state index contributed by atoms with van der Waals surface area (Å²) in [6.07, 6.45) is 1.98. The summed E-state index contributed by atoms with van der Waals surface area (Å²) in [5.41, 5.74) is 3.50. The summed E-state index contributed by atoms with van der Waals surface area (Å²) in [5, 5.41) is -0.0331. The van der Waals surface area contributed by atoms with E-state index in [4.69, 9.17) is 16.3 Å². The third kappa shape index (κ3) is 4.11. The number of benzene rings is 2. The Bertz CT molecular complexity index is 920. The van der Waals surface area contributed by atoms with Crippen LogP contribution in [-0.2, 0) is 14.3 Å². The Morgan fingerprint density at radius 1 is 1.26 bits per heavy atom. The summed E-state index contributed by atoms with van der Waals surface area (Å²) in [7, 11) is 0. The highest BCUT2D eigenvalue weighted by Crippen LogP contribution is 2.41. The molecule has 3 nitrogen and oxygen atoms in total. The van der Waals surface area contributed by atoms with Gasteiger partial charge in [0.15, 0.2) is 5.78 Å². The van der Waals surface area contributed by atoms with Crippen molar-refractivity contribution in [3.05, 3.63) is 76.1 Å². The molecular weight excluding hydrogens is 367 g/mol. The van der Waals surface area contributed by atoms with E-state index in [-0.39, 0.29) is 17.4 Å². The Hall–Kier alpha value is -2.46. The van der Waals surface area contributed by atoms with Gasteiger partial charge in [-0.1, -0.05) is 47.5 Å². The van der Waals surface area contributed by atoms with Gasteiger partial charge in [-0.05, 0) is 55.2 Å². The number of carbonyl (C=O) groups excluding carboxylic acids is 2. The lowest BCUT2D eigenvalue weighted by Gasteiger charge is -2.29. The number of aryl methyl sites for hydroxylation is 1. The molecule has 0 fully saturated rings. The molecule has 27 heavy (non-hydrogen) atoms. The Kier molecular flexibility index (Phi) is 5.76. The third-order valence-electron chi connectivity index (χ3n) is 4.77. The van der Waals surface area contributed by atoms with E-state index in [1.54, 1.807) is 13.0 Å². The van der Waals surface area contributed by atoms with Gasteiger partial charge >= 0.3 is 5.97 Å². The molecule has 2 aromatic carbocycles. The van der Waals surface area contributed by atoms with Crippen molar-refractivity contribution in [2.45, 2.75) is 26.2 Å². The number of halogens is 2. The molecule has 1 aliphatic rings. The second-order valence-electron chi connectivity index (χ2n) is 6.66. The first kappa shape index (κ1) is 19.3. The molecule has 3 rings (SSSR count). The first-order valence-electron chi connectivity index (χ1n) is 8.83. The van der Waals surface area contributed by atoms with Crippen LogP contribution in [0.15, 0.2) is 48.5 Å². The quantitative estimate of drug-likeness (QED) is 0.542. The van der Waals surface area contributed by atoms with Gasteiger partial charge in [-0.25, -0.2) is 4.39 Å². The molecule has 0 radical (unpaired) electrons. The molecule has 0 heterocycles. The van der Waals surface area contributed by atoms with Gasteiger partial charge in [0.25, 0.3) is 0 Å². The van der Waals surface area contributed by atoms with Gasteiger partial charge in [0, 0.05) is 5.92 Å². The third-order valence-corrected chi connectivity index (χ3v) is 5.06. The van der Waals surface area contributed by atoms with Gasteiger partial charge in [-0.3, -0.25) is 9.59 Å². The fourth-order valence-corrected chi connectivity index (χ4v) is 3.67. The summed E-state index contributed by atoms with van der Waals surface area (Å²) in [4.78, 5) is 25.3. The fraction of sp³-hybridized carbons (Fsp3) is 0.273. The van der Waals surface area contributed by atoms with Crippen LogP contribution in [-0.4, -0.2) is 18.4 Å². The molecular formula is C22H20ClFO3. The average Bonchev–Trinajstić information content (AvgIpc) is 2.63. The predicted molar refractivity (Wildman–Crippen MR) is 103 cm³/mol. The normalized spacial score (nSPS) is 19.6. The van der Waals surface area contributed by atoms with E-state index in [1.165, 1.54) is 18.2 Å². The lowest BCUT2D eigenvalue weighted by molar-refractivity contribution is -0.151. The topological polar surface area (TPSA) is 43.4 Å². The van der Waals surface area contributed by atoms with Crippen LogP contribution in [0.2, 0.25) is 5.02 Å². The molecule has 0 spiro atoms. The molecule has 1 aliphatic carbocycles. The second kappa shape index (κ2) is 8.05. The van der Waals surface area contributed by atoms with Crippen molar-refractivity contribution in [2.75, 3.05) is 6.61 Å². The number of hydrogen-bond acceptors (Lipinski definition) is 3. The van der Waals surface area contributed by atoms with Gasteiger partial charge < -0.3 is 4.74 Å². The van der Waals surface area contributed by atoms with E-state index < -0.39 is 23.6 Å². The molecule has 2 aromatic rings. The van der Waals surface area contributed by atoms with Crippen LogP contribution in [0.1, 0.15) is 36.0 Å². The maximum atomic E-state index is 13.6. The van der Waals surface area contributed by atoms with E-state index >= 15 is 0 Å². The van der Waals surface area contributed by atoms with Crippen LogP contribution in [0.25, 0.3) is 5.57 Å². The number of carbonyl (C=O) groups is 2. The lowest BCUT2D eigenvalue weighted by atomic mass is 9.73. The molecule has 0 aliphatic heterocycles. The largest absolute Gasteiger partial charge is 0.465 e. The zero-order chi connectivity index (χ0) is 19.6. The molecule has 140 valence electrons. The summed E-state index contributed by atoms with van der Waals surface area (Å²) in [6, 6.07) is 12.2. The van der Waals surface area contributed by atoms with Crippen molar-refractivity contribution in [2.24, 2.45) is 5.92 Å². The van der Waals surface area contributed by atoms with Crippen molar-refractivity contribution >= 4 is 28.9 Å². The minimum atomic E-state index is -0.958. The molecule has 0 aromatic heterocycles. The molecule has 5 heteroatoms. The van der Waals surface area contributed by atoms with Crippen LogP contribution in [0.4, 0.5) is 4.39 Å². The number of rotatable bonds is 4. The summed E-state index contributed by atoms with van der Waals surface area (Å²) in [5.74, 6) is -2.82. The molecule has 0 N–H and O–H groups in total. The van der Waals surface area contributed by atoms with Crippen molar-refractivity contribution in [1.29, 1.82) is 0 Å². The number of ether oxygens (including phenoxy) is 1. The summed E-state index contributed by atoms with van der Waals surface area (Å²) >= 11 is 5.94. The van der Waals surface area contributed by atoms with Crippen molar-refractivity contribution in [3.8, 4) is 0 Å². The first-order valence-corrected chi connectivity index (χ1v) is 9.21. The molecule has 0 saturated heterocycles. The van der Waals surface area contributed by atoms with Crippen LogP contribution in [0, 0.1) is 18.7 Å². The van der Waals surface area contributed by atoms with Crippen molar-refractivity contribution in [3.63, 3.8) is 0 Å². The van der Waals surface area contributed by atoms with Gasteiger partial charge in [0.1, 0.15) is 11.7 Å². The van der Waals surface area contributed by atoms with E-state index in [0.29, 0.717) is 12.0 Å². The molecule has 2 atom stereocenters. The van der Waals surface area contributed by atoms with Crippen molar-refractivity contribution < 1.29 is 18.7 Å². The first-order chi connectivity index (χ1) is 12.9. The summed E-state index contributed by atoms with van der Waals surface area (Å²) < 4.78 is 18.7. The molecule has 0 bridgehead atoms. The highest BCUT2D eigenvalue weighted by molar-refractivity contribution is 6.30. The molecule has 0 saturated carbocycles. The zero-order valence-corrected chi connectivity index (χ0v) is 15.9. The van der Waals surface area contributed by atoms with Crippen LogP contribution < -0.4 is 0 Å². The highest BCUT2D eigenvalue weighted by atomic mass is 35.5. The van der Waals surface area contributed by atoms with Crippen LogP contribution >= 0.6 is 11.6 Å².